The van der Waals surface area contributed by atoms with Gasteiger partial charge in [0.2, 0.25) is 5.78 Å². The quantitative estimate of drug-likeness (QED) is 0.331. The molecular formula is C27H28FN2O3S+. The lowest BCUT2D eigenvalue weighted by Crippen LogP contribution is -2.66. The van der Waals surface area contributed by atoms with Crippen molar-refractivity contribution in [1.82, 2.24) is 0 Å². The van der Waals surface area contributed by atoms with E-state index in [2.05, 4.69) is 0 Å². The Balaban J connectivity index is 1.32. The minimum absolute atomic E-state index is 0.130. The number of benzene rings is 2. The van der Waals surface area contributed by atoms with E-state index in [1.165, 1.54) is 17.0 Å². The number of nitrogens with zero attached hydrogens (tertiary/aromatic N) is 2. The van der Waals surface area contributed by atoms with Crippen LogP contribution in [0.25, 0.3) is 0 Å². The highest BCUT2D eigenvalue weighted by molar-refractivity contribution is 7.07. The number of thiophene rings is 1. The van der Waals surface area contributed by atoms with Crippen molar-refractivity contribution in [2.24, 2.45) is 5.92 Å². The zero-order valence-corrected chi connectivity index (χ0v) is 19.8. The topological polar surface area (TPSA) is 46.6 Å². The van der Waals surface area contributed by atoms with Gasteiger partial charge in [-0.25, -0.2) is 9.18 Å². The summed E-state index contributed by atoms with van der Waals surface area (Å²) < 4.78 is 20.7. The molecule has 3 aliphatic rings. The molecule has 0 aliphatic carbocycles. The normalized spacial score (nSPS) is 23.4. The van der Waals surface area contributed by atoms with Crippen LogP contribution in [0.5, 0.6) is 0 Å². The number of hydrogen-bond acceptors (Lipinski definition) is 4. The summed E-state index contributed by atoms with van der Waals surface area (Å²) in [5.41, 5.74) is 2.17. The van der Waals surface area contributed by atoms with Crippen LogP contribution in [0.3, 0.4) is 0 Å². The van der Waals surface area contributed by atoms with Gasteiger partial charge in [-0.05, 0) is 40.6 Å². The molecule has 176 valence electrons. The van der Waals surface area contributed by atoms with Crippen LogP contribution in [0.15, 0.2) is 71.4 Å². The van der Waals surface area contributed by atoms with Crippen LogP contribution >= 0.6 is 11.3 Å². The third kappa shape index (κ3) is 4.91. The van der Waals surface area contributed by atoms with Gasteiger partial charge in [-0.2, -0.15) is 11.3 Å². The number of Topliss-reactive ketones (excluding diaryl/α,β-unsaturated/α-hetero) is 1. The van der Waals surface area contributed by atoms with E-state index in [9.17, 15) is 14.0 Å². The van der Waals surface area contributed by atoms with Gasteiger partial charge in [-0.1, -0.05) is 36.4 Å². The maximum Gasteiger partial charge on any atom is 0.415 e. The van der Waals surface area contributed by atoms with E-state index >= 15 is 0 Å². The summed E-state index contributed by atoms with van der Waals surface area (Å²) >= 11 is 1.55. The predicted molar refractivity (Wildman–Crippen MR) is 130 cm³/mol. The second kappa shape index (κ2) is 9.68. The molecule has 3 fully saturated rings. The highest BCUT2D eigenvalue weighted by Gasteiger charge is 2.49. The molecule has 34 heavy (non-hydrogen) atoms. The Hall–Kier alpha value is -3.03. The first-order chi connectivity index (χ1) is 16.5. The average Bonchev–Trinajstić information content (AvgIpc) is 3.37. The number of hydrogen-bond donors (Lipinski definition) is 0. The molecule has 1 aromatic heterocycles. The van der Waals surface area contributed by atoms with Gasteiger partial charge >= 0.3 is 6.09 Å². The van der Waals surface area contributed by atoms with E-state index in [0.29, 0.717) is 35.7 Å². The molecule has 1 atom stereocenters. The number of quaternary nitrogens is 1. The van der Waals surface area contributed by atoms with E-state index in [1.54, 1.807) is 23.5 Å². The van der Waals surface area contributed by atoms with E-state index in [0.717, 1.165) is 37.1 Å². The summed E-state index contributed by atoms with van der Waals surface area (Å²) in [6.07, 6.45) is 1.15. The molecule has 7 heteroatoms. The molecule has 3 saturated heterocycles. The molecule has 0 N–H and O–H groups in total. The molecule has 5 nitrogen and oxygen atoms in total. The number of carbonyl (C=O) groups is 2. The minimum Gasteiger partial charge on any atom is -0.440 e. The van der Waals surface area contributed by atoms with Crippen molar-refractivity contribution in [2.45, 2.75) is 25.5 Å². The molecule has 2 aromatic carbocycles. The molecule has 4 heterocycles. The summed E-state index contributed by atoms with van der Waals surface area (Å²) in [4.78, 5) is 27.8. The molecule has 6 rings (SSSR count). The van der Waals surface area contributed by atoms with Gasteiger partial charge in [-0.3, -0.25) is 9.69 Å². The Morgan fingerprint density at radius 3 is 2.56 bits per heavy atom. The summed E-state index contributed by atoms with van der Waals surface area (Å²) in [5.74, 6) is 0.0311. The third-order valence-corrected chi connectivity index (χ3v) is 7.86. The number of piperidine rings is 3. The summed E-state index contributed by atoms with van der Waals surface area (Å²) in [5, 5.41) is 3.93. The van der Waals surface area contributed by atoms with Crippen molar-refractivity contribution in [3.05, 3.63) is 88.4 Å². The maximum absolute atomic E-state index is 14.0. The Labute approximate surface area is 203 Å². The smallest absolute Gasteiger partial charge is 0.415 e. The van der Waals surface area contributed by atoms with Gasteiger partial charge in [-0.15, -0.1) is 0 Å². The van der Waals surface area contributed by atoms with Crippen LogP contribution in [-0.4, -0.2) is 48.6 Å². The number of ketones is 1. The zero-order chi connectivity index (χ0) is 23.5. The molecule has 3 aromatic rings. The van der Waals surface area contributed by atoms with Gasteiger partial charge in [0.15, 0.2) is 6.10 Å². The van der Waals surface area contributed by atoms with Crippen molar-refractivity contribution < 1.29 is 23.2 Å². The fourth-order valence-corrected chi connectivity index (χ4v) is 5.92. The molecule has 1 amide bonds. The molecule has 0 radical (unpaired) electrons. The largest absolute Gasteiger partial charge is 0.440 e. The fraction of sp³-hybridized carbons (Fsp3) is 0.333. The average molecular weight is 480 g/mol. The van der Waals surface area contributed by atoms with Gasteiger partial charge in [0.25, 0.3) is 0 Å². The Morgan fingerprint density at radius 2 is 1.85 bits per heavy atom. The van der Waals surface area contributed by atoms with Crippen LogP contribution in [-0.2, 0) is 11.3 Å². The lowest BCUT2D eigenvalue weighted by molar-refractivity contribution is -0.938. The first kappa shape index (κ1) is 22.7. The van der Waals surface area contributed by atoms with Gasteiger partial charge in [0, 0.05) is 24.3 Å². The highest BCUT2D eigenvalue weighted by Crippen LogP contribution is 2.36. The molecule has 0 unspecified atom stereocenters. The number of rotatable bonds is 7. The van der Waals surface area contributed by atoms with E-state index in [4.69, 9.17) is 4.74 Å². The fourth-order valence-electron chi connectivity index (χ4n) is 5.26. The number of carbonyl (C=O) groups excluding carboxylic acids is 2. The summed E-state index contributed by atoms with van der Waals surface area (Å²) in [6, 6.07) is 17.4. The van der Waals surface area contributed by atoms with E-state index in [-0.39, 0.29) is 11.9 Å². The van der Waals surface area contributed by atoms with E-state index in [1.807, 2.05) is 47.2 Å². The molecule has 0 spiro atoms. The number of anilines is 1. The monoisotopic (exact) mass is 479 g/mol. The molecular weight excluding hydrogens is 451 g/mol. The van der Waals surface area contributed by atoms with Gasteiger partial charge in [0.05, 0.1) is 25.3 Å². The third-order valence-electron chi connectivity index (χ3n) is 7.13. The summed E-state index contributed by atoms with van der Waals surface area (Å²) in [7, 11) is 0. The molecule has 3 aliphatic heterocycles. The standard InChI is InChI=1S/C27H28FN2O3S/c28-23-7-4-8-24(15-23)29(16-20-11-14-34-19-20)27(32)33-26-18-30(12-9-22(26)10-13-30)17-25(31)21-5-2-1-3-6-21/h1-8,11,14-15,19,22,26H,9-10,12-13,16-18H2/q+1/t22?,26-,30?/m0/s1. The molecule has 0 saturated carbocycles. The van der Waals surface area contributed by atoms with Crippen LogP contribution in [0.2, 0.25) is 0 Å². The second-order valence-corrected chi connectivity index (χ2v) is 10.2. The van der Waals surface area contributed by atoms with Crippen LogP contribution < -0.4 is 4.90 Å². The first-order valence-corrected chi connectivity index (χ1v) is 12.6. The predicted octanol–water partition coefficient (Wildman–Crippen LogP) is 5.52. The highest BCUT2D eigenvalue weighted by atomic mass is 32.1. The Morgan fingerprint density at radius 1 is 1.06 bits per heavy atom. The van der Waals surface area contributed by atoms with Crippen molar-refractivity contribution in [1.29, 1.82) is 0 Å². The Kier molecular flexibility index (Phi) is 6.48. The van der Waals surface area contributed by atoms with Crippen molar-refractivity contribution in [3.63, 3.8) is 0 Å². The van der Waals surface area contributed by atoms with Crippen molar-refractivity contribution in [3.8, 4) is 0 Å². The van der Waals surface area contributed by atoms with Crippen LogP contribution in [0.1, 0.15) is 28.8 Å². The SMILES string of the molecule is O=C(C[N+]12CCC(CC1)[C@@H](OC(=O)N(Cc1ccsc1)c1cccc(F)c1)C2)c1ccccc1. The minimum atomic E-state index is -0.469. The van der Waals surface area contributed by atoms with Crippen LogP contribution in [0.4, 0.5) is 14.9 Å². The van der Waals surface area contributed by atoms with Gasteiger partial charge in [0.1, 0.15) is 18.9 Å². The lowest BCUT2D eigenvalue weighted by atomic mass is 9.83. The number of halogens is 1. The first-order valence-electron chi connectivity index (χ1n) is 11.7. The van der Waals surface area contributed by atoms with Crippen LogP contribution in [0, 0.1) is 11.7 Å². The van der Waals surface area contributed by atoms with Crippen molar-refractivity contribution >= 4 is 28.9 Å². The molecule has 2 bridgehead atoms. The number of fused-ring (bicyclic) bond motifs is 3. The maximum atomic E-state index is 14.0. The second-order valence-electron chi connectivity index (χ2n) is 9.38. The lowest BCUT2D eigenvalue weighted by Gasteiger charge is -2.51. The number of amides is 1. The van der Waals surface area contributed by atoms with Crippen molar-refractivity contribution in [2.75, 3.05) is 31.1 Å². The summed E-state index contributed by atoms with van der Waals surface area (Å²) in [6.45, 7) is 3.24. The number of ether oxygens (including phenoxy) is 1. The van der Waals surface area contributed by atoms with E-state index < -0.39 is 11.9 Å². The van der Waals surface area contributed by atoms with Gasteiger partial charge < -0.3 is 9.22 Å². The Bertz CT molecular complexity index is 1140. The zero-order valence-electron chi connectivity index (χ0n) is 18.9.